The maximum absolute atomic E-state index is 13.7. The number of ether oxygens (including phenoxy) is 1. The topological polar surface area (TPSA) is 48.9 Å². The average Bonchev–Trinajstić information content (AvgIpc) is 2.53. The second-order valence-corrected chi connectivity index (χ2v) is 6.25. The van der Waals surface area contributed by atoms with Crippen LogP contribution >= 0.6 is 24.0 Å². The van der Waals surface area contributed by atoms with Crippen LogP contribution in [0.5, 0.6) is 5.75 Å². The van der Waals surface area contributed by atoms with Gasteiger partial charge in [-0.05, 0) is 45.4 Å². The number of benzene rings is 1. The molecule has 5 nitrogen and oxygen atoms in total. The standard InChI is InChI=1S/C18H31FN4O.HI/c1-13(2)23(14(3)4)10-9-21-18(20-5)22-12-15-7-8-17(24-6)16(19)11-15;/h7-8,11,13-14H,9-10,12H2,1-6H3,(H2,20,21,22);1H. The molecule has 0 unspecified atom stereocenters. The summed E-state index contributed by atoms with van der Waals surface area (Å²) < 4.78 is 18.6. The van der Waals surface area contributed by atoms with Gasteiger partial charge >= 0.3 is 0 Å². The van der Waals surface area contributed by atoms with Gasteiger partial charge in [0.2, 0.25) is 0 Å². The lowest BCUT2D eigenvalue weighted by Crippen LogP contribution is -2.45. The lowest BCUT2D eigenvalue weighted by molar-refractivity contribution is 0.178. The number of hydrogen-bond donors (Lipinski definition) is 2. The molecule has 0 aliphatic rings. The van der Waals surface area contributed by atoms with Crippen molar-refractivity contribution in [2.45, 2.75) is 46.3 Å². The molecule has 1 aromatic rings. The van der Waals surface area contributed by atoms with E-state index >= 15 is 0 Å². The lowest BCUT2D eigenvalue weighted by Gasteiger charge is -2.30. The Balaban J connectivity index is 0.00000576. The summed E-state index contributed by atoms with van der Waals surface area (Å²) in [5, 5.41) is 6.49. The molecule has 1 aromatic carbocycles. The number of aliphatic imine (C=N–C) groups is 1. The Morgan fingerprint density at radius 2 is 1.84 bits per heavy atom. The van der Waals surface area contributed by atoms with Gasteiger partial charge in [-0.15, -0.1) is 24.0 Å². The summed E-state index contributed by atoms with van der Waals surface area (Å²) in [6, 6.07) is 5.94. The minimum Gasteiger partial charge on any atom is -0.494 e. The van der Waals surface area contributed by atoms with E-state index in [2.05, 4.69) is 48.2 Å². The minimum atomic E-state index is -0.357. The highest BCUT2D eigenvalue weighted by molar-refractivity contribution is 14.0. The van der Waals surface area contributed by atoms with Crippen LogP contribution in [0.1, 0.15) is 33.3 Å². The number of rotatable bonds is 8. The first-order valence-corrected chi connectivity index (χ1v) is 8.41. The summed E-state index contributed by atoms with van der Waals surface area (Å²) in [5.74, 6) is 0.603. The van der Waals surface area contributed by atoms with Crippen molar-refractivity contribution in [2.24, 2.45) is 4.99 Å². The third-order valence-electron chi connectivity index (χ3n) is 3.89. The van der Waals surface area contributed by atoms with E-state index in [9.17, 15) is 4.39 Å². The summed E-state index contributed by atoms with van der Waals surface area (Å²) in [6.45, 7) is 11.0. The van der Waals surface area contributed by atoms with Crippen LogP contribution in [-0.2, 0) is 6.54 Å². The van der Waals surface area contributed by atoms with E-state index in [4.69, 9.17) is 4.74 Å². The smallest absolute Gasteiger partial charge is 0.191 e. The number of hydrogen-bond acceptors (Lipinski definition) is 3. The molecule has 0 fully saturated rings. The van der Waals surface area contributed by atoms with Crippen molar-refractivity contribution in [3.63, 3.8) is 0 Å². The highest BCUT2D eigenvalue weighted by atomic mass is 127. The zero-order valence-electron chi connectivity index (χ0n) is 16.1. The van der Waals surface area contributed by atoms with Gasteiger partial charge in [0.1, 0.15) is 0 Å². The molecule has 0 aliphatic carbocycles. The first-order valence-electron chi connectivity index (χ1n) is 8.41. The van der Waals surface area contributed by atoms with Crippen LogP contribution in [0.3, 0.4) is 0 Å². The van der Waals surface area contributed by atoms with Crippen LogP contribution in [0.2, 0.25) is 0 Å². The van der Waals surface area contributed by atoms with E-state index in [1.54, 1.807) is 13.1 Å². The number of nitrogens with one attached hydrogen (secondary N) is 2. The van der Waals surface area contributed by atoms with Crippen molar-refractivity contribution < 1.29 is 9.13 Å². The van der Waals surface area contributed by atoms with Crippen LogP contribution in [0.25, 0.3) is 0 Å². The molecule has 25 heavy (non-hydrogen) atoms. The number of halogens is 2. The molecule has 0 spiro atoms. The van der Waals surface area contributed by atoms with Gasteiger partial charge in [0, 0.05) is 38.8 Å². The fourth-order valence-corrected chi connectivity index (χ4v) is 2.64. The predicted molar refractivity (Wildman–Crippen MR) is 114 cm³/mol. The number of methoxy groups -OCH3 is 1. The molecule has 0 bridgehead atoms. The monoisotopic (exact) mass is 466 g/mol. The Hall–Kier alpha value is -1.09. The van der Waals surface area contributed by atoms with Crippen LogP contribution in [0, 0.1) is 5.82 Å². The second kappa shape index (κ2) is 12.3. The van der Waals surface area contributed by atoms with Crippen LogP contribution in [-0.4, -0.2) is 50.2 Å². The third-order valence-corrected chi connectivity index (χ3v) is 3.89. The number of guanidine groups is 1. The van der Waals surface area contributed by atoms with Gasteiger partial charge < -0.3 is 15.4 Å². The summed E-state index contributed by atoms with van der Waals surface area (Å²) in [5.41, 5.74) is 0.835. The lowest BCUT2D eigenvalue weighted by atomic mass is 10.2. The SMILES string of the molecule is CN=C(NCCN(C(C)C)C(C)C)NCc1ccc(OC)c(F)c1.I. The Morgan fingerprint density at radius 3 is 2.32 bits per heavy atom. The molecule has 0 saturated carbocycles. The zero-order chi connectivity index (χ0) is 18.1. The maximum Gasteiger partial charge on any atom is 0.191 e. The largest absolute Gasteiger partial charge is 0.494 e. The van der Waals surface area contributed by atoms with Gasteiger partial charge in [0.25, 0.3) is 0 Å². The van der Waals surface area contributed by atoms with Crippen molar-refractivity contribution >= 4 is 29.9 Å². The summed E-state index contributed by atoms with van der Waals surface area (Å²) in [6.07, 6.45) is 0. The molecule has 0 atom stereocenters. The fourth-order valence-electron chi connectivity index (χ4n) is 2.64. The summed E-state index contributed by atoms with van der Waals surface area (Å²) in [7, 11) is 3.19. The molecule has 7 heteroatoms. The van der Waals surface area contributed by atoms with Crippen LogP contribution < -0.4 is 15.4 Å². The van der Waals surface area contributed by atoms with Crippen molar-refractivity contribution in [1.29, 1.82) is 0 Å². The summed E-state index contributed by atoms with van der Waals surface area (Å²) >= 11 is 0. The van der Waals surface area contributed by atoms with Gasteiger partial charge in [0.05, 0.1) is 7.11 Å². The van der Waals surface area contributed by atoms with Gasteiger partial charge in [0.15, 0.2) is 17.5 Å². The average molecular weight is 466 g/mol. The predicted octanol–water partition coefficient (Wildman–Crippen LogP) is 3.24. The van der Waals surface area contributed by atoms with Gasteiger partial charge in [-0.25, -0.2) is 4.39 Å². The second-order valence-electron chi connectivity index (χ2n) is 6.25. The third kappa shape index (κ3) is 8.22. The molecule has 0 radical (unpaired) electrons. The molecule has 0 saturated heterocycles. The van der Waals surface area contributed by atoms with Crippen LogP contribution in [0.4, 0.5) is 4.39 Å². The highest BCUT2D eigenvalue weighted by Gasteiger charge is 2.12. The normalized spacial score (nSPS) is 11.7. The maximum atomic E-state index is 13.7. The first-order chi connectivity index (χ1) is 11.4. The zero-order valence-corrected chi connectivity index (χ0v) is 18.4. The Labute approximate surface area is 168 Å². The molecule has 1 rings (SSSR count). The van der Waals surface area contributed by atoms with Crippen molar-refractivity contribution in [1.82, 2.24) is 15.5 Å². The molecule has 0 aromatic heterocycles. The van der Waals surface area contributed by atoms with Gasteiger partial charge in [-0.2, -0.15) is 0 Å². The van der Waals surface area contributed by atoms with Crippen LogP contribution in [0.15, 0.2) is 23.2 Å². The Kier molecular flexibility index (Phi) is 11.8. The van der Waals surface area contributed by atoms with Gasteiger partial charge in [-0.1, -0.05) is 6.07 Å². The molecular weight excluding hydrogens is 434 g/mol. The molecule has 0 heterocycles. The van der Waals surface area contributed by atoms with E-state index < -0.39 is 0 Å². The van der Waals surface area contributed by atoms with E-state index in [0.29, 0.717) is 24.6 Å². The van der Waals surface area contributed by atoms with E-state index in [-0.39, 0.29) is 35.5 Å². The molecule has 144 valence electrons. The highest BCUT2D eigenvalue weighted by Crippen LogP contribution is 2.17. The molecule has 0 aliphatic heterocycles. The first kappa shape index (κ1) is 23.9. The summed E-state index contributed by atoms with van der Waals surface area (Å²) in [4.78, 5) is 6.62. The fraction of sp³-hybridized carbons (Fsp3) is 0.611. The van der Waals surface area contributed by atoms with Crippen molar-refractivity contribution in [2.75, 3.05) is 27.2 Å². The Bertz CT molecular complexity index is 530. The van der Waals surface area contributed by atoms with Gasteiger partial charge in [-0.3, -0.25) is 9.89 Å². The van der Waals surface area contributed by atoms with E-state index in [1.807, 2.05) is 6.07 Å². The molecular formula is C18H32FIN4O. The van der Waals surface area contributed by atoms with E-state index in [1.165, 1.54) is 13.2 Å². The quantitative estimate of drug-likeness (QED) is 0.351. The minimum absolute atomic E-state index is 0. The Morgan fingerprint density at radius 1 is 1.20 bits per heavy atom. The molecule has 2 N–H and O–H groups in total. The van der Waals surface area contributed by atoms with Crippen molar-refractivity contribution in [3.05, 3.63) is 29.6 Å². The molecule has 0 amide bonds. The van der Waals surface area contributed by atoms with Crippen molar-refractivity contribution in [3.8, 4) is 5.75 Å². The number of nitrogens with zero attached hydrogens (tertiary/aromatic N) is 2. The van der Waals surface area contributed by atoms with E-state index in [0.717, 1.165) is 18.7 Å².